The Balaban J connectivity index is 1.68. The molecule has 20 heavy (non-hydrogen) atoms. The third-order valence-corrected chi connectivity index (χ3v) is 2.98. The van der Waals surface area contributed by atoms with Crippen LogP contribution in [-0.2, 0) is 22.4 Å². The summed E-state index contributed by atoms with van der Waals surface area (Å²) in [6, 6.07) is 7.20. The zero-order chi connectivity index (χ0) is 13.9. The molecule has 0 radical (unpaired) electrons. The van der Waals surface area contributed by atoms with E-state index < -0.39 is 0 Å². The predicted octanol–water partition coefficient (Wildman–Crippen LogP) is 1.15. The Bertz CT molecular complexity index is 670. The normalized spacial score (nSPS) is 12.7. The van der Waals surface area contributed by atoms with Gasteiger partial charge in [0.15, 0.2) is 0 Å². The smallest absolute Gasteiger partial charge is 0.231 e. The number of hydrogen-bond donors (Lipinski definition) is 2. The van der Waals surface area contributed by atoms with Gasteiger partial charge in [0.25, 0.3) is 0 Å². The highest BCUT2D eigenvalue weighted by Crippen LogP contribution is 2.24. The molecule has 2 amide bonds. The van der Waals surface area contributed by atoms with Crippen LogP contribution in [0.3, 0.4) is 0 Å². The molecule has 2 N–H and O–H groups in total. The molecule has 0 aliphatic carbocycles. The van der Waals surface area contributed by atoms with Crippen molar-refractivity contribution >= 4 is 23.5 Å². The summed E-state index contributed by atoms with van der Waals surface area (Å²) in [6.07, 6.45) is 3.72. The van der Waals surface area contributed by atoms with Crippen molar-refractivity contribution in [3.63, 3.8) is 0 Å². The minimum atomic E-state index is -0.187. The van der Waals surface area contributed by atoms with Gasteiger partial charge in [0, 0.05) is 18.1 Å². The molecule has 6 nitrogen and oxygen atoms in total. The molecule has 100 valence electrons. The summed E-state index contributed by atoms with van der Waals surface area (Å²) in [7, 11) is 0. The van der Waals surface area contributed by atoms with Gasteiger partial charge in [-0.2, -0.15) is 0 Å². The van der Waals surface area contributed by atoms with Crippen LogP contribution >= 0.6 is 0 Å². The van der Waals surface area contributed by atoms with Crippen LogP contribution in [-0.4, -0.2) is 21.8 Å². The lowest BCUT2D eigenvalue weighted by atomic mass is 10.1. The molecule has 6 heteroatoms. The van der Waals surface area contributed by atoms with Crippen LogP contribution in [0.1, 0.15) is 11.1 Å². The summed E-state index contributed by atoms with van der Waals surface area (Å²) in [5.41, 5.74) is 2.61. The SMILES string of the molecule is O=C(Cc1ccc2c(c1)CC(=O)N2)Nc1ncccn1. The first kappa shape index (κ1) is 12.3. The molecule has 0 saturated carbocycles. The number of rotatable bonds is 3. The van der Waals surface area contributed by atoms with E-state index in [2.05, 4.69) is 20.6 Å². The van der Waals surface area contributed by atoms with Gasteiger partial charge in [-0.15, -0.1) is 0 Å². The second-order valence-corrected chi connectivity index (χ2v) is 4.51. The van der Waals surface area contributed by atoms with E-state index in [1.165, 1.54) is 0 Å². The second kappa shape index (κ2) is 5.08. The maximum Gasteiger partial charge on any atom is 0.231 e. The van der Waals surface area contributed by atoms with E-state index in [1.807, 2.05) is 18.2 Å². The fourth-order valence-corrected chi connectivity index (χ4v) is 2.11. The van der Waals surface area contributed by atoms with Crippen LogP contribution in [0.25, 0.3) is 0 Å². The van der Waals surface area contributed by atoms with Gasteiger partial charge in [0.05, 0.1) is 12.8 Å². The monoisotopic (exact) mass is 268 g/mol. The summed E-state index contributed by atoms with van der Waals surface area (Å²) in [5.74, 6) is 0.0863. The Morgan fingerprint density at radius 2 is 2.10 bits per heavy atom. The first-order valence-electron chi connectivity index (χ1n) is 6.19. The van der Waals surface area contributed by atoms with Gasteiger partial charge in [0.1, 0.15) is 0 Å². The van der Waals surface area contributed by atoms with E-state index in [4.69, 9.17) is 0 Å². The molecule has 0 spiro atoms. The van der Waals surface area contributed by atoms with Crippen LogP contribution in [0, 0.1) is 0 Å². The number of aromatic nitrogens is 2. The van der Waals surface area contributed by atoms with E-state index in [0.717, 1.165) is 16.8 Å². The van der Waals surface area contributed by atoms with Crippen molar-refractivity contribution in [2.75, 3.05) is 10.6 Å². The number of fused-ring (bicyclic) bond motifs is 1. The van der Waals surface area contributed by atoms with Crippen molar-refractivity contribution in [3.8, 4) is 0 Å². The van der Waals surface area contributed by atoms with Crippen molar-refractivity contribution in [2.45, 2.75) is 12.8 Å². The van der Waals surface area contributed by atoms with Crippen LogP contribution in [0.15, 0.2) is 36.7 Å². The van der Waals surface area contributed by atoms with Crippen LogP contribution < -0.4 is 10.6 Å². The molecular weight excluding hydrogens is 256 g/mol. The number of hydrogen-bond acceptors (Lipinski definition) is 4. The third kappa shape index (κ3) is 2.64. The topological polar surface area (TPSA) is 84.0 Å². The number of carbonyl (C=O) groups excluding carboxylic acids is 2. The van der Waals surface area contributed by atoms with Crippen LogP contribution in [0.4, 0.5) is 11.6 Å². The first-order chi connectivity index (χ1) is 9.70. The van der Waals surface area contributed by atoms with E-state index in [9.17, 15) is 9.59 Å². The van der Waals surface area contributed by atoms with Crippen molar-refractivity contribution in [3.05, 3.63) is 47.8 Å². The summed E-state index contributed by atoms with van der Waals surface area (Å²) in [4.78, 5) is 31.0. The van der Waals surface area contributed by atoms with E-state index >= 15 is 0 Å². The molecule has 0 atom stereocenters. The van der Waals surface area contributed by atoms with Crippen LogP contribution in [0.5, 0.6) is 0 Å². The number of anilines is 2. The fraction of sp³-hybridized carbons (Fsp3) is 0.143. The van der Waals surface area contributed by atoms with Gasteiger partial charge in [-0.3, -0.25) is 14.9 Å². The molecule has 1 aromatic carbocycles. The summed E-state index contributed by atoms with van der Waals surface area (Å²) < 4.78 is 0. The standard InChI is InChI=1S/C14H12N4O2/c19-12(18-14-15-4-1-5-16-14)7-9-2-3-11-10(6-9)8-13(20)17-11/h1-6H,7-8H2,(H,17,20)(H,15,16,18,19). The Kier molecular flexibility index (Phi) is 3.12. The number of amides is 2. The molecule has 0 bridgehead atoms. The fourth-order valence-electron chi connectivity index (χ4n) is 2.11. The van der Waals surface area contributed by atoms with Crippen molar-refractivity contribution in [1.29, 1.82) is 0 Å². The maximum atomic E-state index is 11.9. The Hall–Kier alpha value is -2.76. The lowest BCUT2D eigenvalue weighted by molar-refractivity contribution is -0.116. The minimum Gasteiger partial charge on any atom is -0.326 e. The van der Waals surface area contributed by atoms with E-state index in [0.29, 0.717) is 6.42 Å². The molecule has 2 heterocycles. The van der Waals surface area contributed by atoms with Crippen molar-refractivity contribution in [2.24, 2.45) is 0 Å². The number of nitrogens with zero attached hydrogens (tertiary/aromatic N) is 2. The first-order valence-corrected chi connectivity index (χ1v) is 6.19. The lowest BCUT2D eigenvalue weighted by Crippen LogP contribution is -2.16. The Morgan fingerprint density at radius 1 is 1.30 bits per heavy atom. The Labute approximate surface area is 115 Å². The summed E-state index contributed by atoms with van der Waals surface area (Å²) >= 11 is 0. The largest absolute Gasteiger partial charge is 0.326 e. The number of nitrogens with one attached hydrogen (secondary N) is 2. The average molecular weight is 268 g/mol. The molecule has 0 fully saturated rings. The molecular formula is C14H12N4O2. The predicted molar refractivity (Wildman–Crippen MR) is 73.1 cm³/mol. The molecule has 0 unspecified atom stereocenters. The van der Waals surface area contributed by atoms with Gasteiger partial charge >= 0.3 is 0 Å². The van der Waals surface area contributed by atoms with Crippen molar-refractivity contribution < 1.29 is 9.59 Å². The average Bonchev–Trinajstić information content (AvgIpc) is 2.79. The maximum absolute atomic E-state index is 11.9. The zero-order valence-corrected chi connectivity index (χ0v) is 10.6. The number of benzene rings is 1. The molecule has 0 saturated heterocycles. The second-order valence-electron chi connectivity index (χ2n) is 4.51. The summed E-state index contributed by atoms with van der Waals surface area (Å²) in [5, 5.41) is 5.38. The molecule has 1 aliphatic rings. The molecule has 3 rings (SSSR count). The summed E-state index contributed by atoms with van der Waals surface area (Å²) in [6.45, 7) is 0. The molecule has 2 aromatic rings. The van der Waals surface area contributed by atoms with E-state index in [-0.39, 0.29) is 24.2 Å². The minimum absolute atomic E-state index is 0.0145. The van der Waals surface area contributed by atoms with Gasteiger partial charge < -0.3 is 5.32 Å². The van der Waals surface area contributed by atoms with Crippen molar-refractivity contribution in [1.82, 2.24) is 9.97 Å². The van der Waals surface area contributed by atoms with E-state index in [1.54, 1.807) is 18.5 Å². The quantitative estimate of drug-likeness (QED) is 0.874. The lowest BCUT2D eigenvalue weighted by Gasteiger charge is -2.05. The third-order valence-electron chi connectivity index (χ3n) is 2.98. The molecule has 1 aliphatic heterocycles. The zero-order valence-electron chi connectivity index (χ0n) is 10.6. The highest BCUT2D eigenvalue weighted by atomic mass is 16.2. The molecule has 1 aromatic heterocycles. The van der Waals surface area contributed by atoms with Gasteiger partial charge in [0.2, 0.25) is 17.8 Å². The van der Waals surface area contributed by atoms with Gasteiger partial charge in [-0.1, -0.05) is 12.1 Å². The number of carbonyl (C=O) groups is 2. The van der Waals surface area contributed by atoms with Crippen LogP contribution in [0.2, 0.25) is 0 Å². The highest BCUT2D eigenvalue weighted by Gasteiger charge is 2.18. The van der Waals surface area contributed by atoms with Gasteiger partial charge in [-0.25, -0.2) is 9.97 Å². The highest BCUT2D eigenvalue weighted by molar-refractivity contribution is 5.99. The van der Waals surface area contributed by atoms with Gasteiger partial charge in [-0.05, 0) is 23.3 Å². The Morgan fingerprint density at radius 3 is 2.90 bits per heavy atom.